The third-order valence-electron chi connectivity index (χ3n) is 4.32. The molecule has 1 aliphatic rings. The molecule has 0 aliphatic carbocycles. The molecule has 114 valence electrons. The molecule has 0 bridgehead atoms. The van der Waals surface area contributed by atoms with Crippen LogP contribution in [0.5, 0.6) is 0 Å². The van der Waals surface area contributed by atoms with Gasteiger partial charge in [-0.05, 0) is 44.5 Å². The molecule has 21 heavy (non-hydrogen) atoms. The van der Waals surface area contributed by atoms with Crippen molar-refractivity contribution < 1.29 is 0 Å². The number of hydrogen-bond donors (Lipinski definition) is 0. The molecule has 1 atom stereocenters. The van der Waals surface area contributed by atoms with Crippen molar-refractivity contribution in [3.05, 3.63) is 35.9 Å². The van der Waals surface area contributed by atoms with Crippen molar-refractivity contribution in [2.45, 2.75) is 64.3 Å². The molecule has 1 fully saturated rings. The first-order valence-corrected chi connectivity index (χ1v) is 8.71. The predicted molar refractivity (Wildman–Crippen MR) is 91.3 cm³/mol. The van der Waals surface area contributed by atoms with E-state index in [4.69, 9.17) is 0 Å². The van der Waals surface area contributed by atoms with Gasteiger partial charge >= 0.3 is 0 Å². The van der Waals surface area contributed by atoms with Crippen LogP contribution in [-0.4, -0.2) is 24.0 Å². The Kier molecular flexibility index (Phi) is 7.39. The Balaban J connectivity index is 1.95. The average molecular weight is 283 g/mol. The normalized spacial score (nSPS) is 17.0. The largest absolute Gasteiger partial charge is 0.290 e. The highest BCUT2D eigenvalue weighted by molar-refractivity contribution is 5.34. The Hall–Kier alpha value is -1.26. The molecule has 1 aliphatic heterocycles. The maximum absolute atomic E-state index is 3.56. The van der Waals surface area contributed by atoms with Crippen molar-refractivity contribution >= 4 is 0 Å². The first-order valence-electron chi connectivity index (χ1n) is 8.71. The zero-order chi connectivity index (χ0) is 14.8. The molecule has 1 heterocycles. The number of hydrogen-bond acceptors (Lipinski definition) is 1. The number of rotatable bonds is 6. The van der Waals surface area contributed by atoms with E-state index in [0.717, 1.165) is 5.56 Å². The van der Waals surface area contributed by atoms with Crippen molar-refractivity contribution in [1.82, 2.24) is 4.90 Å². The third-order valence-corrected chi connectivity index (χ3v) is 4.32. The van der Waals surface area contributed by atoms with Gasteiger partial charge in [-0.25, -0.2) is 0 Å². The molecule has 0 N–H and O–H groups in total. The van der Waals surface area contributed by atoms with Gasteiger partial charge < -0.3 is 0 Å². The van der Waals surface area contributed by atoms with Gasteiger partial charge in [0.15, 0.2) is 0 Å². The van der Waals surface area contributed by atoms with E-state index in [1.54, 1.807) is 0 Å². The maximum atomic E-state index is 3.56. The molecule has 0 amide bonds. The van der Waals surface area contributed by atoms with Crippen LogP contribution in [0.2, 0.25) is 0 Å². The fourth-order valence-electron chi connectivity index (χ4n) is 3.03. The minimum Gasteiger partial charge on any atom is -0.290 e. The summed E-state index contributed by atoms with van der Waals surface area (Å²) < 4.78 is 0. The van der Waals surface area contributed by atoms with Gasteiger partial charge in [-0.2, -0.15) is 0 Å². The molecule has 0 radical (unpaired) electrons. The van der Waals surface area contributed by atoms with Crippen molar-refractivity contribution in [2.75, 3.05) is 13.1 Å². The number of likely N-dealkylation sites (tertiary alicyclic amines) is 1. The minimum atomic E-state index is 0.461. The summed E-state index contributed by atoms with van der Waals surface area (Å²) in [6, 6.07) is 10.9. The summed E-state index contributed by atoms with van der Waals surface area (Å²) >= 11 is 0. The maximum Gasteiger partial charge on any atom is 0.0718 e. The van der Waals surface area contributed by atoms with Gasteiger partial charge in [-0.15, -0.1) is 0 Å². The molecule has 1 aromatic carbocycles. The lowest BCUT2D eigenvalue weighted by Crippen LogP contribution is -2.38. The summed E-state index contributed by atoms with van der Waals surface area (Å²) in [5.74, 6) is 6.95. The summed E-state index contributed by atoms with van der Waals surface area (Å²) in [5, 5.41) is 0. The molecule has 2 rings (SSSR count). The van der Waals surface area contributed by atoms with E-state index in [9.17, 15) is 0 Å². The van der Waals surface area contributed by atoms with E-state index in [-0.39, 0.29) is 0 Å². The number of piperidine rings is 1. The molecule has 1 heteroatoms. The molecule has 1 saturated heterocycles. The Bertz CT molecular complexity index is 434. The molecular formula is C20H29N. The second kappa shape index (κ2) is 9.64. The van der Waals surface area contributed by atoms with E-state index in [1.807, 2.05) is 0 Å². The fraction of sp³-hybridized carbons (Fsp3) is 0.600. The molecule has 1 nitrogen and oxygen atoms in total. The zero-order valence-corrected chi connectivity index (χ0v) is 13.5. The standard InChI is InChI=1S/C20H29N/c1-2-3-4-9-14-20(21-17-10-6-11-18-21)16-15-19-12-7-5-8-13-19/h5,7-8,12-13,20H,2-4,6,9-11,14,17-18H2,1H3. The third kappa shape index (κ3) is 5.94. The molecule has 0 saturated carbocycles. The van der Waals surface area contributed by atoms with Crippen molar-refractivity contribution in [3.63, 3.8) is 0 Å². The fourth-order valence-corrected chi connectivity index (χ4v) is 3.03. The van der Waals surface area contributed by atoms with Gasteiger partial charge in [0, 0.05) is 5.56 Å². The first kappa shape index (κ1) is 16.1. The average Bonchev–Trinajstić information content (AvgIpc) is 2.56. The smallest absolute Gasteiger partial charge is 0.0718 e. The highest BCUT2D eigenvalue weighted by atomic mass is 15.2. The SMILES string of the molecule is CCCCCCC(C#Cc1ccccc1)N1CCCCC1. The van der Waals surface area contributed by atoms with E-state index >= 15 is 0 Å². The van der Waals surface area contributed by atoms with Crippen LogP contribution < -0.4 is 0 Å². The van der Waals surface area contributed by atoms with Crippen LogP contribution in [0.25, 0.3) is 0 Å². The van der Waals surface area contributed by atoms with E-state index in [1.165, 1.54) is 64.5 Å². The Morgan fingerprint density at radius 1 is 1.00 bits per heavy atom. The molecule has 0 spiro atoms. The second-order valence-corrected chi connectivity index (χ2v) is 6.10. The number of benzene rings is 1. The monoisotopic (exact) mass is 283 g/mol. The van der Waals surface area contributed by atoms with Crippen LogP contribution in [0.1, 0.15) is 63.9 Å². The summed E-state index contributed by atoms with van der Waals surface area (Å²) in [5.41, 5.74) is 1.15. The van der Waals surface area contributed by atoms with Crippen LogP contribution >= 0.6 is 0 Å². The van der Waals surface area contributed by atoms with Gasteiger partial charge in [0.05, 0.1) is 6.04 Å². The van der Waals surface area contributed by atoms with Crippen LogP contribution in [0.15, 0.2) is 30.3 Å². The van der Waals surface area contributed by atoms with Crippen LogP contribution in [0.4, 0.5) is 0 Å². The first-order chi connectivity index (χ1) is 10.4. The van der Waals surface area contributed by atoms with Crippen LogP contribution in [-0.2, 0) is 0 Å². The summed E-state index contributed by atoms with van der Waals surface area (Å²) in [6.07, 6.45) is 10.7. The topological polar surface area (TPSA) is 3.24 Å². The lowest BCUT2D eigenvalue weighted by Gasteiger charge is -2.31. The van der Waals surface area contributed by atoms with Gasteiger partial charge in [0.1, 0.15) is 0 Å². The number of unbranched alkanes of at least 4 members (excludes halogenated alkanes) is 3. The van der Waals surface area contributed by atoms with Gasteiger partial charge in [0.2, 0.25) is 0 Å². The lowest BCUT2D eigenvalue weighted by atomic mass is 10.0. The summed E-state index contributed by atoms with van der Waals surface area (Å²) in [7, 11) is 0. The number of nitrogens with zero attached hydrogens (tertiary/aromatic N) is 1. The minimum absolute atomic E-state index is 0.461. The van der Waals surface area contributed by atoms with Gasteiger partial charge in [-0.3, -0.25) is 4.90 Å². The van der Waals surface area contributed by atoms with Gasteiger partial charge in [0.25, 0.3) is 0 Å². The van der Waals surface area contributed by atoms with Gasteiger partial charge in [-0.1, -0.05) is 69.1 Å². The van der Waals surface area contributed by atoms with Crippen molar-refractivity contribution in [1.29, 1.82) is 0 Å². The van der Waals surface area contributed by atoms with E-state index in [2.05, 4.69) is 54.0 Å². The van der Waals surface area contributed by atoms with E-state index in [0.29, 0.717) is 6.04 Å². The predicted octanol–water partition coefficient (Wildman–Crippen LogP) is 4.86. The Morgan fingerprint density at radius 3 is 2.48 bits per heavy atom. The summed E-state index contributed by atoms with van der Waals surface area (Å²) in [4.78, 5) is 2.62. The molecule has 1 unspecified atom stereocenters. The Morgan fingerprint density at radius 2 is 1.76 bits per heavy atom. The zero-order valence-electron chi connectivity index (χ0n) is 13.5. The van der Waals surface area contributed by atoms with E-state index < -0.39 is 0 Å². The highest BCUT2D eigenvalue weighted by Gasteiger charge is 2.18. The second-order valence-electron chi connectivity index (χ2n) is 6.10. The van der Waals surface area contributed by atoms with Crippen LogP contribution in [0, 0.1) is 11.8 Å². The Labute approximate surface area is 130 Å². The lowest BCUT2D eigenvalue weighted by molar-refractivity contribution is 0.187. The molecule has 1 aromatic rings. The quantitative estimate of drug-likeness (QED) is 0.532. The van der Waals surface area contributed by atoms with Crippen molar-refractivity contribution in [2.24, 2.45) is 0 Å². The molecular weight excluding hydrogens is 254 g/mol. The highest BCUT2D eigenvalue weighted by Crippen LogP contribution is 2.16. The summed E-state index contributed by atoms with van der Waals surface area (Å²) in [6.45, 7) is 4.75. The van der Waals surface area contributed by atoms with Crippen molar-refractivity contribution in [3.8, 4) is 11.8 Å². The molecule has 0 aromatic heterocycles. The van der Waals surface area contributed by atoms with Crippen LogP contribution in [0.3, 0.4) is 0 Å².